The number of fused-ring (bicyclic) bond motifs is 1. The van der Waals surface area contributed by atoms with Crippen molar-refractivity contribution in [1.82, 2.24) is 15.3 Å². The Morgan fingerprint density at radius 2 is 2.05 bits per heavy atom. The minimum atomic E-state index is -0.946. The topological polar surface area (TPSA) is 47.0 Å². The molecule has 19 heavy (non-hydrogen) atoms. The van der Waals surface area contributed by atoms with Crippen LogP contribution < -0.4 is 10.1 Å². The van der Waals surface area contributed by atoms with Crippen molar-refractivity contribution in [3.05, 3.63) is 47.4 Å². The van der Waals surface area contributed by atoms with E-state index >= 15 is 0 Å². The van der Waals surface area contributed by atoms with Crippen molar-refractivity contribution in [2.45, 2.75) is 13.0 Å². The first kappa shape index (κ1) is 12.0. The molecule has 98 valence electrons. The Balaban J connectivity index is 1.92. The second-order valence-corrected chi connectivity index (χ2v) is 4.21. The molecule has 0 fully saturated rings. The van der Waals surface area contributed by atoms with Crippen LogP contribution in [0.1, 0.15) is 11.3 Å². The summed E-state index contributed by atoms with van der Waals surface area (Å²) in [7, 11) is 0. The lowest BCUT2D eigenvalue weighted by atomic mass is 10.1. The molecule has 1 aliphatic rings. The Hall–Kier alpha value is -2.08. The SMILES string of the molecule is Fc1ccc(Oc2ncnc3c2CNCC3)cc1F. The van der Waals surface area contributed by atoms with Crippen LogP contribution in [0.3, 0.4) is 0 Å². The Morgan fingerprint density at radius 3 is 2.89 bits per heavy atom. The number of hydrogen-bond donors (Lipinski definition) is 1. The summed E-state index contributed by atoms with van der Waals surface area (Å²) >= 11 is 0. The fraction of sp³-hybridized carbons (Fsp3) is 0.231. The summed E-state index contributed by atoms with van der Waals surface area (Å²) in [5.41, 5.74) is 1.78. The molecule has 2 heterocycles. The largest absolute Gasteiger partial charge is 0.438 e. The fourth-order valence-corrected chi connectivity index (χ4v) is 1.98. The smallest absolute Gasteiger partial charge is 0.227 e. The Labute approximate surface area is 108 Å². The van der Waals surface area contributed by atoms with Crippen molar-refractivity contribution in [1.29, 1.82) is 0 Å². The Bertz CT molecular complexity index is 619. The van der Waals surface area contributed by atoms with E-state index in [9.17, 15) is 8.78 Å². The average Bonchev–Trinajstić information content (AvgIpc) is 2.43. The quantitative estimate of drug-likeness (QED) is 0.902. The highest BCUT2D eigenvalue weighted by molar-refractivity contribution is 5.36. The first-order valence-corrected chi connectivity index (χ1v) is 5.90. The van der Waals surface area contributed by atoms with Crippen molar-refractivity contribution in [2.75, 3.05) is 6.54 Å². The molecule has 0 saturated carbocycles. The first-order chi connectivity index (χ1) is 9.24. The van der Waals surface area contributed by atoms with Crippen LogP contribution in [0.25, 0.3) is 0 Å². The number of aromatic nitrogens is 2. The molecule has 1 aromatic carbocycles. The van der Waals surface area contributed by atoms with Crippen molar-refractivity contribution in [3.8, 4) is 11.6 Å². The summed E-state index contributed by atoms with van der Waals surface area (Å²) in [6.07, 6.45) is 2.21. The zero-order valence-corrected chi connectivity index (χ0v) is 9.99. The van der Waals surface area contributed by atoms with Crippen molar-refractivity contribution in [3.63, 3.8) is 0 Å². The van der Waals surface area contributed by atoms with E-state index in [2.05, 4.69) is 15.3 Å². The predicted molar refractivity (Wildman–Crippen MR) is 63.9 cm³/mol. The van der Waals surface area contributed by atoms with Crippen LogP contribution in [0.2, 0.25) is 0 Å². The summed E-state index contributed by atoms with van der Waals surface area (Å²) in [5, 5.41) is 3.19. The van der Waals surface area contributed by atoms with Gasteiger partial charge in [0.15, 0.2) is 11.6 Å². The monoisotopic (exact) mass is 263 g/mol. The van der Waals surface area contributed by atoms with Gasteiger partial charge in [-0.1, -0.05) is 0 Å². The van der Waals surface area contributed by atoms with Crippen LogP contribution in [-0.4, -0.2) is 16.5 Å². The van der Waals surface area contributed by atoms with Crippen LogP contribution in [0.5, 0.6) is 11.6 Å². The molecule has 1 N–H and O–H groups in total. The van der Waals surface area contributed by atoms with Gasteiger partial charge < -0.3 is 10.1 Å². The first-order valence-electron chi connectivity index (χ1n) is 5.90. The number of ether oxygens (including phenoxy) is 1. The molecular weight excluding hydrogens is 252 g/mol. The molecule has 0 amide bonds. The van der Waals surface area contributed by atoms with Crippen LogP contribution in [-0.2, 0) is 13.0 Å². The zero-order chi connectivity index (χ0) is 13.2. The van der Waals surface area contributed by atoms with Crippen LogP contribution >= 0.6 is 0 Å². The maximum atomic E-state index is 13.1. The number of halogens is 2. The number of nitrogens with zero attached hydrogens (tertiary/aromatic N) is 2. The lowest BCUT2D eigenvalue weighted by molar-refractivity contribution is 0.433. The number of rotatable bonds is 2. The molecule has 6 heteroatoms. The maximum Gasteiger partial charge on any atom is 0.227 e. The van der Waals surface area contributed by atoms with Gasteiger partial charge in [-0.2, -0.15) is 0 Å². The maximum absolute atomic E-state index is 13.1. The van der Waals surface area contributed by atoms with Gasteiger partial charge in [0.05, 0.1) is 11.3 Å². The molecule has 1 aromatic heterocycles. The lowest BCUT2D eigenvalue weighted by Gasteiger charge is -2.18. The van der Waals surface area contributed by atoms with E-state index in [1.165, 1.54) is 12.4 Å². The number of nitrogens with one attached hydrogen (secondary N) is 1. The second kappa shape index (κ2) is 4.89. The average molecular weight is 263 g/mol. The molecule has 0 spiro atoms. The summed E-state index contributed by atoms with van der Waals surface area (Å²) in [6.45, 7) is 1.46. The molecule has 0 unspecified atom stereocenters. The van der Waals surface area contributed by atoms with E-state index in [0.717, 1.165) is 36.4 Å². The van der Waals surface area contributed by atoms with E-state index in [4.69, 9.17) is 4.74 Å². The molecule has 4 nitrogen and oxygen atoms in total. The van der Waals surface area contributed by atoms with Crippen LogP contribution in [0.4, 0.5) is 8.78 Å². The van der Waals surface area contributed by atoms with Gasteiger partial charge in [0, 0.05) is 25.6 Å². The number of hydrogen-bond acceptors (Lipinski definition) is 4. The molecule has 3 rings (SSSR count). The zero-order valence-electron chi connectivity index (χ0n) is 9.99. The van der Waals surface area contributed by atoms with Crippen molar-refractivity contribution < 1.29 is 13.5 Å². The van der Waals surface area contributed by atoms with Gasteiger partial charge in [-0.25, -0.2) is 18.7 Å². The molecule has 2 aromatic rings. The molecule has 0 atom stereocenters. The third kappa shape index (κ3) is 2.39. The molecule has 0 radical (unpaired) electrons. The lowest BCUT2D eigenvalue weighted by Crippen LogP contribution is -2.25. The van der Waals surface area contributed by atoms with Crippen molar-refractivity contribution >= 4 is 0 Å². The second-order valence-electron chi connectivity index (χ2n) is 4.21. The van der Waals surface area contributed by atoms with Gasteiger partial charge in [-0.15, -0.1) is 0 Å². The third-order valence-corrected chi connectivity index (χ3v) is 2.94. The molecule has 0 aliphatic carbocycles. The minimum absolute atomic E-state index is 0.213. The molecule has 0 bridgehead atoms. The third-order valence-electron chi connectivity index (χ3n) is 2.94. The van der Waals surface area contributed by atoms with Gasteiger partial charge in [-0.05, 0) is 12.1 Å². The highest BCUT2D eigenvalue weighted by atomic mass is 19.2. The van der Waals surface area contributed by atoms with E-state index in [1.54, 1.807) is 0 Å². The fourth-order valence-electron chi connectivity index (χ4n) is 1.98. The standard InChI is InChI=1S/C13H11F2N3O/c14-10-2-1-8(5-11(10)15)19-13-9-6-16-4-3-12(9)17-7-18-13/h1-2,5,7,16H,3-4,6H2. The number of benzene rings is 1. The normalized spacial score (nSPS) is 14.0. The Morgan fingerprint density at radius 1 is 1.16 bits per heavy atom. The highest BCUT2D eigenvalue weighted by Crippen LogP contribution is 2.26. The molecule has 1 aliphatic heterocycles. The van der Waals surface area contributed by atoms with E-state index < -0.39 is 11.6 Å². The van der Waals surface area contributed by atoms with E-state index in [0.29, 0.717) is 12.4 Å². The van der Waals surface area contributed by atoms with Gasteiger partial charge in [0.1, 0.15) is 12.1 Å². The van der Waals surface area contributed by atoms with Crippen LogP contribution in [0.15, 0.2) is 24.5 Å². The van der Waals surface area contributed by atoms with Gasteiger partial charge in [0.25, 0.3) is 0 Å². The van der Waals surface area contributed by atoms with Crippen molar-refractivity contribution in [2.24, 2.45) is 0 Å². The summed E-state index contributed by atoms with van der Waals surface area (Å²) in [6, 6.07) is 3.39. The summed E-state index contributed by atoms with van der Waals surface area (Å²) < 4.78 is 31.5. The van der Waals surface area contributed by atoms with E-state index in [1.807, 2.05) is 0 Å². The van der Waals surface area contributed by atoms with Gasteiger partial charge in [0.2, 0.25) is 5.88 Å². The van der Waals surface area contributed by atoms with Crippen LogP contribution in [0, 0.1) is 11.6 Å². The minimum Gasteiger partial charge on any atom is -0.438 e. The highest BCUT2D eigenvalue weighted by Gasteiger charge is 2.17. The van der Waals surface area contributed by atoms with E-state index in [-0.39, 0.29) is 5.75 Å². The Kier molecular flexibility index (Phi) is 3.08. The summed E-state index contributed by atoms with van der Waals surface area (Å²) in [4.78, 5) is 8.24. The predicted octanol–water partition coefficient (Wildman–Crippen LogP) is 2.19. The molecular formula is C13H11F2N3O. The van der Waals surface area contributed by atoms with Gasteiger partial charge >= 0.3 is 0 Å². The summed E-state index contributed by atoms with van der Waals surface area (Å²) in [5.74, 6) is -1.26. The molecule has 0 saturated heterocycles. The van der Waals surface area contributed by atoms with Gasteiger partial charge in [-0.3, -0.25) is 0 Å².